The van der Waals surface area contributed by atoms with Crippen LogP contribution in [0, 0.1) is 5.92 Å². The zero-order chi connectivity index (χ0) is 23.7. The second-order valence-corrected chi connectivity index (χ2v) is 8.85. The fraction of sp³-hybridized carbons (Fsp3) is 0.296. The molecule has 0 unspecified atom stereocenters. The summed E-state index contributed by atoms with van der Waals surface area (Å²) in [5.74, 6) is 0.248. The molecule has 34 heavy (non-hydrogen) atoms. The van der Waals surface area contributed by atoms with Crippen LogP contribution in [0.4, 0.5) is 5.69 Å². The number of nitrogens with zero attached hydrogens (tertiary/aromatic N) is 3. The Morgan fingerprint density at radius 2 is 1.76 bits per heavy atom. The van der Waals surface area contributed by atoms with Crippen LogP contribution in [0.25, 0.3) is 22.4 Å². The third kappa shape index (κ3) is 4.21. The highest BCUT2D eigenvalue weighted by atomic mass is 16.4. The summed E-state index contributed by atoms with van der Waals surface area (Å²) in [5.41, 5.74) is 3.48. The van der Waals surface area contributed by atoms with Gasteiger partial charge in [0, 0.05) is 24.2 Å². The van der Waals surface area contributed by atoms with Gasteiger partial charge >= 0.3 is 5.97 Å². The third-order valence-corrected chi connectivity index (χ3v) is 6.68. The normalized spacial score (nSPS) is 14.4. The van der Waals surface area contributed by atoms with E-state index in [9.17, 15) is 9.59 Å². The minimum absolute atomic E-state index is 0.0197. The van der Waals surface area contributed by atoms with Crippen LogP contribution in [-0.4, -0.2) is 26.5 Å². The van der Waals surface area contributed by atoms with E-state index in [4.69, 9.17) is 14.5 Å². The SMILES string of the molecule is Cn1c(CN(C(=O)C2CCCCC2)c2ccc(-c3ccc(C(=O)O)o3)cc2)nc2ccccc21. The van der Waals surface area contributed by atoms with Gasteiger partial charge in [-0.05, 0) is 61.4 Å². The monoisotopic (exact) mass is 457 g/mol. The zero-order valence-electron chi connectivity index (χ0n) is 19.1. The number of carbonyl (C=O) groups excluding carboxylic acids is 1. The number of anilines is 1. The van der Waals surface area contributed by atoms with Crippen molar-refractivity contribution in [2.75, 3.05) is 4.90 Å². The quantitative estimate of drug-likeness (QED) is 0.404. The lowest BCUT2D eigenvalue weighted by Crippen LogP contribution is -2.37. The van der Waals surface area contributed by atoms with Gasteiger partial charge < -0.3 is 19.0 Å². The van der Waals surface area contributed by atoms with E-state index >= 15 is 0 Å². The molecule has 7 nitrogen and oxygen atoms in total. The minimum atomic E-state index is -1.10. The molecule has 4 aromatic rings. The van der Waals surface area contributed by atoms with Gasteiger partial charge in [-0.2, -0.15) is 0 Å². The summed E-state index contributed by atoms with van der Waals surface area (Å²) < 4.78 is 7.47. The number of hydrogen-bond donors (Lipinski definition) is 1. The van der Waals surface area contributed by atoms with Crippen LogP contribution in [0.3, 0.4) is 0 Å². The highest BCUT2D eigenvalue weighted by molar-refractivity contribution is 5.95. The molecule has 2 aromatic heterocycles. The number of imidazole rings is 1. The second-order valence-electron chi connectivity index (χ2n) is 8.85. The fourth-order valence-electron chi connectivity index (χ4n) is 4.76. The molecule has 2 heterocycles. The average molecular weight is 458 g/mol. The topological polar surface area (TPSA) is 88.6 Å². The van der Waals surface area contributed by atoms with Crippen molar-refractivity contribution in [2.24, 2.45) is 13.0 Å². The van der Waals surface area contributed by atoms with E-state index in [1.165, 1.54) is 12.5 Å². The van der Waals surface area contributed by atoms with Crippen molar-refractivity contribution in [3.63, 3.8) is 0 Å². The Labute approximate surface area is 197 Å². The van der Waals surface area contributed by atoms with Gasteiger partial charge in [0.05, 0.1) is 17.6 Å². The number of benzene rings is 2. The molecule has 5 rings (SSSR count). The summed E-state index contributed by atoms with van der Waals surface area (Å²) >= 11 is 0. The summed E-state index contributed by atoms with van der Waals surface area (Å²) in [6.07, 6.45) is 5.19. The first-order valence-electron chi connectivity index (χ1n) is 11.7. The van der Waals surface area contributed by atoms with E-state index in [0.29, 0.717) is 12.3 Å². The Kier molecular flexibility index (Phi) is 5.92. The number of aryl methyl sites for hydroxylation is 1. The van der Waals surface area contributed by atoms with Gasteiger partial charge in [0.2, 0.25) is 11.7 Å². The summed E-state index contributed by atoms with van der Waals surface area (Å²) in [4.78, 5) is 31.4. The molecular formula is C27H27N3O4. The average Bonchev–Trinajstić information content (AvgIpc) is 3.49. The Bertz CT molecular complexity index is 1330. The first-order valence-corrected chi connectivity index (χ1v) is 11.7. The van der Waals surface area contributed by atoms with Gasteiger partial charge in [0.1, 0.15) is 11.6 Å². The number of hydrogen-bond acceptors (Lipinski definition) is 4. The maximum Gasteiger partial charge on any atom is 0.371 e. The third-order valence-electron chi connectivity index (χ3n) is 6.68. The zero-order valence-corrected chi connectivity index (χ0v) is 19.1. The molecule has 1 aliphatic rings. The number of carboxylic acids is 1. The van der Waals surface area contributed by atoms with E-state index in [-0.39, 0.29) is 17.6 Å². The molecule has 2 aromatic carbocycles. The molecule has 1 aliphatic carbocycles. The first kappa shape index (κ1) is 21.9. The second kappa shape index (κ2) is 9.17. The fourth-order valence-corrected chi connectivity index (χ4v) is 4.76. The Balaban J connectivity index is 1.47. The predicted molar refractivity (Wildman–Crippen MR) is 130 cm³/mol. The maximum absolute atomic E-state index is 13.7. The van der Waals surface area contributed by atoms with Crippen molar-refractivity contribution in [1.29, 1.82) is 0 Å². The van der Waals surface area contributed by atoms with Gasteiger partial charge in [-0.15, -0.1) is 0 Å². The predicted octanol–water partition coefficient (Wildman–Crippen LogP) is 5.65. The molecule has 0 atom stereocenters. The van der Waals surface area contributed by atoms with E-state index in [1.54, 1.807) is 6.07 Å². The molecule has 1 saturated carbocycles. The van der Waals surface area contributed by atoms with Crippen molar-refractivity contribution in [1.82, 2.24) is 9.55 Å². The number of amides is 1. The molecule has 7 heteroatoms. The van der Waals surface area contributed by atoms with Gasteiger partial charge in [-0.25, -0.2) is 9.78 Å². The van der Waals surface area contributed by atoms with Crippen LogP contribution in [0.1, 0.15) is 48.5 Å². The van der Waals surface area contributed by atoms with E-state index in [2.05, 4.69) is 0 Å². The van der Waals surface area contributed by atoms with Crippen LogP contribution in [0.5, 0.6) is 0 Å². The van der Waals surface area contributed by atoms with Gasteiger partial charge in [0.25, 0.3) is 0 Å². The summed E-state index contributed by atoms with van der Waals surface area (Å²) in [7, 11) is 1.98. The van der Waals surface area contributed by atoms with Crippen molar-refractivity contribution < 1.29 is 19.1 Å². The van der Waals surface area contributed by atoms with Crippen LogP contribution >= 0.6 is 0 Å². The molecular weight excluding hydrogens is 430 g/mol. The summed E-state index contributed by atoms with van der Waals surface area (Å²) in [5, 5.41) is 9.12. The lowest BCUT2D eigenvalue weighted by atomic mass is 9.88. The van der Waals surface area contributed by atoms with Crippen LogP contribution in [-0.2, 0) is 18.4 Å². The number of aromatic nitrogens is 2. The molecule has 1 fully saturated rings. The summed E-state index contributed by atoms with van der Waals surface area (Å²) in [6, 6.07) is 18.5. The van der Waals surface area contributed by atoms with Crippen LogP contribution < -0.4 is 4.90 Å². The molecule has 0 radical (unpaired) electrons. The van der Waals surface area contributed by atoms with E-state index in [1.807, 2.05) is 65.0 Å². The number of carbonyl (C=O) groups is 2. The number of rotatable bonds is 6. The molecule has 0 aliphatic heterocycles. The van der Waals surface area contributed by atoms with Gasteiger partial charge in [0.15, 0.2) is 0 Å². The Hall–Kier alpha value is -3.87. The van der Waals surface area contributed by atoms with Crippen molar-refractivity contribution >= 4 is 28.6 Å². The van der Waals surface area contributed by atoms with Crippen molar-refractivity contribution in [3.8, 4) is 11.3 Å². The number of para-hydroxylation sites is 2. The molecule has 0 bridgehead atoms. The van der Waals surface area contributed by atoms with E-state index in [0.717, 1.165) is 53.8 Å². The number of fused-ring (bicyclic) bond motifs is 1. The molecule has 174 valence electrons. The van der Waals surface area contributed by atoms with Gasteiger partial charge in [-0.1, -0.05) is 31.4 Å². The number of aromatic carboxylic acids is 1. The van der Waals surface area contributed by atoms with Crippen molar-refractivity contribution in [3.05, 3.63) is 72.2 Å². The molecule has 0 saturated heterocycles. The lowest BCUT2D eigenvalue weighted by Gasteiger charge is -2.29. The van der Waals surface area contributed by atoms with Crippen LogP contribution in [0.2, 0.25) is 0 Å². The highest BCUT2D eigenvalue weighted by Crippen LogP contribution is 2.31. The number of carboxylic acid groups (broad SMARTS) is 1. The Morgan fingerprint density at radius 3 is 2.44 bits per heavy atom. The Morgan fingerprint density at radius 1 is 1.03 bits per heavy atom. The van der Waals surface area contributed by atoms with Crippen LogP contribution in [0.15, 0.2) is 65.1 Å². The standard InChI is InChI=1S/C27H27N3O4/c1-29-22-10-6-5-9-21(22)28-25(29)17-30(26(31)19-7-3-2-4-8-19)20-13-11-18(12-14-20)23-15-16-24(34-23)27(32)33/h5-6,9-16,19H,2-4,7-8,17H2,1H3,(H,32,33). The maximum atomic E-state index is 13.7. The highest BCUT2D eigenvalue weighted by Gasteiger charge is 2.28. The summed E-state index contributed by atoms with van der Waals surface area (Å²) in [6.45, 7) is 0.379. The lowest BCUT2D eigenvalue weighted by molar-refractivity contribution is -0.123. The molecule has 0 spiro atoms. The number of furan rings is 1. The van der Waals surface area contributed by atoms with Gasteiger partial charge in [-0.3, -0.25) is 4.79 Å². The largest absolute Gasteiger partial charge is 0.475 e. The van der Waals surface area contributed by atoms with Crippen molar-refractivity contribution in [2.45, 2.75) is 38.6 Å². The smallest absolute Gasteiger partial charge is 0.371 e. The molecule has 1 N–H and O–H groups in total. The molecule has 1 amide bonds. The first-order chi connectivity index (χ1) is 16.5. The minimum Gasteiger partial charge on any atom is -0.475 e. The van der Waals surface area contributed by atoms with E-state index < -0.39 is 5.97 Å².